The van der Waals surface area contributed by atoms with Crippen LogP contribution in [0.25, 0.3) is 22.1 Å². The fourth-order valence-electron chi connectivity index (χ4n) is 3.12. The summed E-state index contributed by atoms with van der Waals surface area (Å²) in [6, 6.07) is 18.5. The van der Waals surface area contributed by atoms with E-state index in [2.05, 4.69) is 0 Å². The molecule has 3 aromatic carbocycles. The second-order valence-corrected chi connectivity index (χ2v) is 6.45. The number of carbonyl (C=O) groups excluding carboxylic acids is 1. The van der Waals surface area contributed by atoms with Gasteiger partial charge in [-0.15, -0.1) is 0 Å². The number of para-hydroxylation sites is 1. The monoisotopic (exact) mass is 402 g/mol. The van der Waals surface area contributed by atoms with Gasteiger partial charge in [-0.25, -0.2) is 4.79 Å². The number of hydrogen-bond acceptors (Lipinski definition) is 6. The zero-order chi connectivity index (χ0) is 21.1. The fraction of sp³-hybridized carbons (Fsp3) is 0.0833. The molecule has 0 aliphatic heterocycles. The summed E-state index contributed by atoms with van der Waals surface area (Å²) in [5.41, 5.74) is 1.53. The molecule has 0 atom stereocenters. The second-order valence-electron chi connectivity index (χ2n) is 6.45. The van der Waals surface area contributed by atoms with Gasteiger partial charge < -0.3 is 18.6 Å². The summed E-state index contributed by atoms with van der Waals surface area (Å²) < 4.78 is 21.5. The Labute approximate surface area is 172 Å². The molecule has 150 valence electrons. The van der Waals surface area contributed by atoms with Gasteiger partial charge in [-0.1, -0.05) is 18.2 Å². The van der Waals surface area contributed by atoms with E-state index in [4.69, 9.17) is 18.6 Å². The molecule has 4 aromatic rings. The van der Waals surface area contributed by atoms with Gasteiger partial charge >= 0.3 is 5.97 Å². The maximum atomic E-state index is 13.0. The first-order chi connectivity index (χ1) is 14.6. The van der Waals surface area contributed by atoms with Gasteiger partial charge in [0.05, 0.1) is 30.7 Å². The Morgan fingerprint density at radius 3 is 2.30 bits per heavy atom. The quantitative estimate of drug-likeness (QED) is 0.356. The molecule has 0 fully saturated rings. The number of hydrogen-bond donors (Lipinski definition) is 0. The normalized spacial score (nSPS) is 10.6. The number of fused-ring (bicyclic) bond motifs is 1. The molecule has 1 aromatic heterocycles. The zero-order valence-electron chi connectivity index (χ0n) is 16.4. The molecular weight excluding hydrogens is 384 g/mol. The maximum Gasteiger partial charge on any atom is 0.343 e. The average Bonchev–Trinajstić information content (AvgIpc) is 2.79. The summed E-state index contributed by atoms with van der Waals surface area (Å²) in [4.78, 5) is 25.3. The lowest BCUT2D eigenvalue weighted by Gasteiger charge is -2.09. The number of rotatable bonds is 5. The van der Waals surface area contributed by atoms with Gasteiger partial charge in [0.2, 0.25) is 5.43 Å². The van der Waals surface area contributed by atoms with E-state index in [1.165, 1.54) is 12.3 Å². The molecule has 0 aliphatic rings. The van der Waals surface area contributed by atoms with E-state index in [0.29, 0.717) is 39.2 Å². The number of carbonyl (C=O) groups is 1. The Bertz CT molecular complexity index is 1270. The van der Waals surface area contributed by atoms with Crippen molar-refractivity contribution < 1.29 is 23.4 Å². The number of methoxy groups -OCH3 is 2. The lowest BCUT2D eigenvalue weighted by atomic mass is 10.0. The first-order valence-corrected chi connectivity index (χ1v) is 9.16. The summed E-state index contributed by atoms with van der Waals surface area (Å²) in [6.45, 7) is 0. The smallest absolute Gasteiger partial charge is 0.343 e. The molecule has 0 aliphatic carbocycles. The Morgan fingerprint density at radius 2 is 1.57 bits per heavy atom. The minimum absolute atomic E-state index is 0.200. The third-order valence-electron chi connectivity index (χ3n) is 4.68. The fourth-order valence-corrected chi connectivity index (χ4v) is 3.12. The Hall–Kier alpha value is -4.06. The van der Waals surface area contributed by atoms with Gasteiger partial charge in [0.15, 0.2) is 0 Å². The van der Waals surface area contributed by atoms with E-state index >= 15 is 0 Å². The summed E-state index contributed by atoms with van der Waals surface area (Å²) in [5, 5.41) is 0.377. The van der Waals surface area contributed by atoms with Crippen molar-refractivity contribution in [1.29, 1.82) is 0 Å². The highest BCUT2D eigenvalue weighted by Crippen LogP contribution is 2.29. The number of benzene rings is 3. The molecule has 0 saturated carbocycles. The van der Waals surface area contributed by atoms with E-state index in [-0.39, 0.29) is 11.2 Å². The van der Waals surface area contributed by atoms with E-state index < -0.39 is 5.97 Å². The minimum atomic E-state index is -0.523. The molecule has 6 nitrogen and oxygen atoms in total. The van der Waals surface area contributed by atoms with Gasteiger partial charge in [0.1, 0.15) is 29.1 Å². The third kappa shape index (κ3) is 3.63. The average molecular weight is 402 g/mol. The van der Waals surface area contributed by atoms with E-state index in [0.717, 1.165) is 0 Å². The highest BCUT2D eigenvalue weighted by atomic mass is 16.5. The van der Waals surface area contributed by atoms with Crippen LogP contribution < -0.4 is 19.6 Å². The highest BCUT2D eigenvalue weighted by molar-refractivity contribution is 5.92. The second kappa shape index (κ2) is 8.13. The van der Waals surface area contributed by atoms with Gasteiger partial charge in [0.25, 0.3) is 0 Å². The van der Waals surface area contributed by atoms with Crippen LogP contribution >= 0.6 is 0 Å². The topological polar surface area (TPSA) is 75.0 Å². The Morgan fingerprint density at radius 1 is 0.833 bits per heavy atom. The summed E-state index contributed by atoms with van der Waals surface area (Å²) >= 11 is 0. The van der Waals surface area contributed by atoms with Crippen LogP contribution in [0, 0.1) is 0 Å². The van der Waals surface area contributed by atoms with Crippen LogP contribution in [0.3, 0.4) is 0 Å². The van der Waals surface area contributed by atoms with Crippen molar-refractivity contribution in [2.24, 2.45) is 0 Å². The molecule has 0 spiro atoms. The maximum absolute atomic E-state index is 13.0. The molecule has 0 amide bonds. The molecule has 30 heavy (non-hydrogen) atoms. The third-order valence-corrected chi connectivity index (χ3v) is 4.68. The predicted octanol–water partition coefficient (Wildman–Crippen LogP) is 4.70. The molecule has 0 unspecified atom stereocenters. The lowest BCUT2D eigenvalue weighted by molar-refractivity contribution is 0.0735. The molecule has 0 saturated heterocycles. The first kappa shape index (κ1) is 19.3. The highest BCUT2D eigenvalue weighted by Gasteiger charge is 2.15. The molecule has 1 heterocycles. The SMILES string of the molecule is COc1ccc(C(=O)Oc2ccc3c(=O)c(-c4ccccc4OC)coc3c2)cc1. The molecule has 0 N–H and O–H groups in total. The first-order valence-electron chi connectivity index (χ1n) is 9.16. The van der Waals surface area contributed by atoms with Crippen LogP contribution in [0.2, 0.25) is 0 Å². The van der Waals surface area contributed by atoms with Crippen LogP contribution in [0.1, 0.15) is 10.4 Å². The van der Waals surface area contributed by atoms with Gasteiger partial charge in [0, 0.05) is 11.6 Å². The van der Waals surface area contributed by atoms with Crippen molar-refractivity contribution in [3.05, 3.63) is 88.8 Å². The van der Waals surface area contributed by atoms with Crippen molar-refractivity contribution in [2.45, 2.75) is 0 Å². The predicted molar refractivity (Wildman–Crippen MR) is 112 cm³/mol. The molecule has 4 rings (SSSR count). The summed E-state index contributed by atoms with van der Waals surface area (Å²) in [7, 11) is 3.10. The van der Waals surface area contributed by atoms with Crippen molar-refractivity contribution in [3.8, 4) is 28.4 Å². The molecule has 6 heteroatoms. The summed E-state index contributed by atoms with van der Waals surface area (Å²) in [5.74, 6) is 0.973. The Balaban J connectivity index is 1.65. The van der Waals surface area contributed by atoms with Crippen molar-refractivity contribution in [3.63, 3.8) is 0 Å². The van der Waals surface area contributed by atoms with Crippen LogP contribution in [0.15, 0.2) is 82.2 Å². The van der Waals surface area contributed by atoms with Gasteiger partial charge in [-0.3, -0.25) is 4.79 Å². The Kier molecular flexibility index (Phi) is 5.22. The number of ether oxygens (including phenoxy) is 3. The van der Waals surface area contributed by atoms with Crippen molar-refractivity contribution in [1.82, 2.24) is 0 Å². The minimum Gasteiger partial charge on any atom is -0.497 e. The number of esters is 1. The molecular formula is C24H18O6. The largest absolute Gasteiger partial charge is 0.497 e. The lowest BCUT2D eigenvalue weighted by Crippen LogP contribution is -2.09. The molecule has 0 radical (unpaired) electrons. The van der Waals surface area contributed by atoms with Gasteiger partial charge in [-0.2, -0.15) is 0 Å². The van der Waals surface area contributed by atoms with Crippen LogP contribution in [0.5, 0.6) is 17.2 Å². The van der Waals surface area contributed by atoms with Crippen molar-refractivity contribution >= 4 is 16.9 Å². The van der Waals surface area contributed by atoms with E-state index in [1.54, 1.807) is 62.8 Å². The van der Waals surface area contributed by atoms with Crippen LogP contribution in [-0.4, -0.2) is 20.2 Å². The summed E-state index contributed by atoms with van der Waals surface area (Å²) in [6.07, 6.45) is 1.39. The van der Waals surface area contributed by atoms with Crippen LogP contribution in [0.4, 0.5) is 0 Å². The van der Waals surface area contributed by atoms with Crippen LogP contribution in [-0.2, 0) is 0 Å². The zero-order valence-corrected chi connectivity index (χ0v) is 16.4. The standard InChI is InChI=1S/C24H18O6/c1-27-16-9-7-15(8-10-16)24(26)30-17-11-12-19-22(13-17)29-14-20(23(19)25)18-5-3-4-6-21(18)28-2/h3-14H,1-2H3. The van der Waals surface area contributed by atoms with E-state index in [9.17, 15) is 9.59 Å². The molecule has 0 bridgehead atoms. The van der Waals surface area contributed by atoms with E-state index in [1.807, 2.05) is 12.1 Å². The van der Waals surface area contributed by atoms with Crippen molar-refractivity contribution in [2.75, 3.05) is 14.2 Å². The van der Waals surface area contributed by atoms with Gasteiger partial charge in [-0.05, 0) is 42.5 Å².